The monoisotopic (exact) mass is 767 g/mol. The van der Waals surface area contributed by atoms with Crippen molar-refractivity contribution in [2.24, 2.45) is 5.41 Å². The van der Waals surface area contributed by atoms with Crippen LogP contribution in [0.5, 0.6) is 0 Å². The number of carboxylic acid groups (broad SMARTS) is 1. The van der Waals surface area contributed by atoms with Gasteiger partial charge in [0.25, 0.3) is 11.8 Å². The first-order valence-electron chi connectivity index (χ1n) is 16.9. The SMILES string of the molecule is CNc1cc(N2CCc3c(-c4ncc(CN5CC6(CCNCC6(F)F)C5)cc4F)cc(F)cc32)nn2c(C(=O)N[C@@H]3C[C@@H]3F)cnc12.O=C(O)C(F)(F)F. The molecule has 0 bridgehead atoms. The average molecular weight is 768 g/mol. The maximum absolute atomic E-state index is 15.6. The van der Waals surface area contributed by atoms with Crippen molar-refractivity contribution in [2.75, 3.05) is 50.0 Å². The average Bonchev–Trinajstić information content (AvgIpc) is 3.42. The Morgan fingerprint density at radius 1 is 1.09 bits per heavy atom. The lowest BCUT2D eigenvalue weighted by Gasteiger charge is -2.56. The van der Waals surface area contributed by atoms with E-state index in [4.69, 9.17) is 9.90 Å². The molecule has 0 radical (unpaired) electrons. The number of carbonyl (C=O) groups is 2. The lowest BCUT2D eigenvalue weighted by Crippen LogP contribution is -2.69. The molecule has 2 saturated heterocycles. The van der Waals surface area contributed by atoms with Crippen LogP contribution in [0, 0.1) is 17.0 Å². The summed E-state index contributed by atoms with van der Waals surface area (Å²) in [5.74, 6) is -6.88. The number of carbonyl (C=O) groups excluding carboxylic acids is 1. The van der Waals surface area contributed by atoms with Crippen LogP contribution in [0.15, 0.2) is 36.7 Å². The number of aromatic nitrogens is 4. The lowest BCUT2D eigenvalue weighted by atomic mass is 9.69. The zero-order chi connectivity index (χ0) is 38.7. The number of nitrogens with one attached hydrogen (secondary N) is 3. The summed E-state index contributed by atoms with van der Waals surface area (Å²) >= 11 is 0. The Morgan fingerprint density at radius 3 is 2.44 bits per heavy atom. The Morgan fingerprint density at radius 2 is 1.81 bits per heavy atom. The second kappa shape index (κ2) is 13.6. The number of aliphatic carboxylic acids is 1. The Bertz CT molecular complexity index is 2120. The Kier molecular flexibility index (Phi) is 9.39. The number of piperidine rings is 1. The number of hydrogen-bond donors (Lipinski definition) is 4. The number of hydrogen-bond acceptors (Lipinski definition) is 9. The van der Waals surface area contributed by atoms with E-state index in [9.17, 15) is 31.1 Å². The summed E-state index contributed by atoms with van der Waals surface area (Å²) in [6.45, 7) is 1.37. The highest BCUT2D eigenvalue weighted by Gasteiger charge is 2.60. The molecule has 3 fully saturated rings. The molecule has 3 aromatic heterocycles. The number of pyridine rings is 1. The highest BCUT2D eigenvalue weighted by atomic mass is 19.4. The molecular weight excluding hydrogens is 734 g/mol. The van der Waals surface area contributed by atoms with Gasteiger partial charge in [0.2, 0.25) is 0 Å². The third-order valence-electron chi connectivity index (χ3n) is 10.1. The predicted octanol–water partition coefficient (Wildman–Crippen LogP) is 4.71. The van der Waals surface area contributed by atoms with E-state index in [1.165, 1.54) is 35.1 Å². The normalized spacial score (nSPS) is 21.2. The van der Waals surface area contributed by atoms with E-state index in [0.29, 0.717) is 65.5 Å². The number of rotatable bonds is 7. The molecule has 1 saturated carbocycles. The van der Waals surface area contributed by atoms with Gasteiger partial charge in [-0.3, -0.25) is 14.7 Å². The molecule has 288 valence electrons. The van der Waals surface area contributed by atoms with E-state index in [1.807, 2.05) is 4.90 Å². The summed E-state index contributed by atoms with van der Waals surface area (Å²) in [5.41, 5.74) is 2.05. The second-order valence-corrected chi connectivity index (χ2v) is 13.8. The van der Waals surface area contributed by atoms with Gasteiger partial charge in [0.1, 0.15) is 23.5 Å². The van der Waals surface area contributed by atoms with Gasteiger partial charge in [0.15, 0.2) is 17.2 Å². The summed E-state index contributed by atoms with van der Waals surface area (Å²) in [7, 11) is 1.70. The van der Waals surface area contributed by atoms with Gasteiger partial charge in [-0.25, -0.2) is 36.2 Å². The molecule has 4 N–H and O–H groups in total. The first-order valence-corrected chi connectivity index (χ1v) is 16.9. The van der Waals surface area contributed by atoms with Crippen LogP contribution in [-0.2, 0) is 17.8 Å². The molecule has 4 aliphatic rings. The van der Waals surface area contributed by atoms with Crippen LogP contribution in [0.4, 0.5) is 52.3 Å². The van der Waals surface area contributed by atoms with E-state index < -0.39 is 53.2 Å². The summed E-state index contributed by atoms with van der Waals surface area (Å²) in [5, 5.41) is 20.2. The Balaban J connectivity index is 0.000000588. The minimum Gasteiger partial charge on any atom is -0.475 e. The third kappa shape index (κ3) is 6.87. The van der Waals surface area contributed by atoms with E-state index in [2.05, 4.69) is 31.0 Å². The van der Waals surface area contributed by atoms with Crippen molar-refractivity contribution >= 4 is 34.7 Å². The van der Waals surface area contributed by atoms with Crippen LogP contribution in [-0.4, -0.2) is 106 Å². The van der Waals surface area contributed by atoms with E-state index >= 15 is 8.78 Å². The van der Waals surface area contributed by atoms with Crippen molar-refractivity contribution in [1.29, 1.82) is 0 Å². The largest absolute Gasteiger partial charge is 0.490 e. The van der Waals surface area contributed by atoms with Crippen molar-refractivity contribution in [3.05, 3.63) is 65.1 Å². The van der Waals surface area contributed by atoms with E-state index in [0.717, 1.165) is 0 Å². The highest BCUT2D eigenvalue weighted by Crippen LogP contribution is 2.49. The van der Waals surface area contributed by atoms with Gasteiger partial charge in [-0.2, -0.15) is 13.2 Å². The number of anilines is 3. The molecule has 1 amide bonds. The summed E-state index contributed by atoms with van der Waals surface area (Å²) in [6.07, 6.45) is -2.17. The van der Waals surface area contributed by atoms with Crippen LogP contribution in [0.3, 0.4) is 0 Å². The van der Waals surface area contributed by atoms with Gasteiger partial charge in [0, 0.05) is 63.2 Å². The molecule has 1 spiro atoms. The predicted molar refractivity (Wildman–Crippen MR) is 177 cm³/mol. The van der Waals surface area contributed by atoms with E-state index in [1.54, 1.807) is 18.0 Å². The van der Waals surface area contributed by atoms with Crippen LogP contribution in [0.25, 0.3) is 16.9 Å². The Hall–Kier alpha value is -5.11. The number of likely N-dealkylation sites (tertiary alicyclic amines) is 1. The second-order valence-electron chi connectivity index (χ2n) is 13.8. The Labute approximate surface area is 301 Å². The van der Waals surface area contributed by atoms with Gasteiger partial charge < -0.3 is 26.0 Å². The fourth-order valence-electron chi connectivity index (χ4n) is 7.18. The number of amides is 1. The van der Waals surface area contributed by atoms with Crippen LogP contribution in [0.1, 0.15) is 34.5 Å². The molecule has 6 heterocycles. The van der Waals surface area contributed by atoms with Gasteiger partial charge in [0.05, 0.1) is 29.9 Å². The minimum atomic E-state index is -5.08. The summed E-state index contributed by atoms with van der Waals surface area (Å²) in [4.78, 5) is 34.1. The van der Waals surface area contributed by atoms with Crippen LogP contribution < -0.4 is 20.9 Å². The number of fused-ring (bicyclic) bond motifs is 2. The third-order valence-corrected chi connectivity index (χ3v) is 10.1. The zero-order valence-corrected chi connectivity index (χ0v) is 28.5. The van der Waals surface area contributed by atoms with Crippen molar-refractivity contribution < 1.29 is 49.8 Å². The van der Waals surface area contributed by atoms with E-state index in [-0.39, 0.29) is 44.0 Å². The minimum absolute atomic E-state index is 0.00421. The van der Waals surface area contributed by atoms with Crippen molar-refractivity contribution in [3.63, 3.8) is 0 Å². The molecule has 20 heteroatoms. The number of benzene rings is 1. The van der Waals surface area contributed by atoms with Crippen molar-refractivity contribution in [3.8, 4) is 11.3 Å². The number of nitrogens with zero attached hydrogens (tertiary/aromatic N) is 6. The molecule has 8 rings (SSSR count). The molecule has 2 atom stereocenters. The molecule has 54 heavy (non-hydrogen) atoms. The summed E-state index contributed by atoms with van der Waals surface area (Å²) in [6, 6.07) is 5.15. The zero-order valence-electron chi connectivity index (χ0n) is 28.5. The molecule has 1 aromatic carbocycles. The quantitative estimate of drug-likeness (QED) is 0.196. The molecule has 4 aromatic rings. The van der Waals surface area contributed by atoms with Crippen LogP contribution >= 0.6 is 0 Å². The highest BCUT2D eigenvalue weighted by molar-refractivity contribution is 5.94. The van der Waals surface area contributed by atoms with Gasteiger partial charge in [-0.1, -0.05) is 0 Å². The molecule has 0 unspecified atom stereocenters. The van der Waals surface area contributed by atoms with Crippen molar-refractivity contribution in [2.45, 2.75) is 50.1 Å². The van der Waals surface area contributed by atoms with Gasteiger partial charge in [-0.05, 0) is 48.7 Å². The standard InChI is InChI=1S/C32H32F5N9O.C2HF3O2/c1-38-24-10-27(43-46-26(12-41-29(24)46)30(47)42-23-9-21(23)34)45-5-2-19-20(7-18(33)8-25(19)45)28-22(35)6-17(11-40-28)13-44-15-31(16-44)3-4-39-14-32(31,36)37;3-2(4,5)1(6)7/h6-8,10-12,21,23,38-39H,2-5,9,13-16H2,1H3,(H,42,47);(H,6,7)/t21-,23+;/m0./s1. The molecule has 12 nitrogen and oxygen atoms in total. The number of carboxylic acids is 1. The topological polar surface area (TPSA) is 140 Å². The molecule has 1 aliphatic carbocycles. The van der Waals surface area contributed by atoms with Gasteiger partial charge in [-0.15, -0.1) is 5.10 Å². The first kappa shape index (κ1) is 37.2. The maximum atomic E-state index is 15.6. The number of halogens is 8. The fraction of sp³-hybridized carbons (Fsp3) is 0.441. The maximum Gasteiger partial charge on any atom is 0.490 e. The fourth-order valence-corrected chi connectivity index (χ4v) is 7.18. The smallest absolute Gasteiger partial charge is 0.475 e. The summed E-state index contributed by atoms with van der Waals surface area (Å²) < 4.78 is 106. The lowest BCUT2D eigenvalue weighted by molar-refractivity contribution is -0.205. The number of imidazole rings is 1. The van der Waals surface area contributed by atoms with Gasteiger partial charge >= 0.3 is 12.1 Å². The van der Waals surface area contributed by atoms with Crippen LogP contribution in [0.2, 0.25) is 0 Å². The van der Waals surface area contributed by atoms with Crippen molar-refractivity contribution in [1.82, 2.24) is 35.1 Å². The molecule has 3 aliphatic heterocycles. The number of alkyl halides is 6. The molecular formula is C34H33F8N9O3. The first-order chi connectivity index (χ1) is 25.5.